The van der Waals surface area contributed by atoms with Crippen LogP contribution in [0.3, 0.4) is 0 Å². The molecule has 0 bridgehead atoms. The standard InChI is InChI=1S/C31H43F2N7O6S/c1-2-45-27-18-22(4-5-25(27)37-26-6-7-28(41)38-29(26)42)21-8-13-39(14-9-21)12-3-17-47(43,44)40-15-10-23(11-16-40)36-31-34-19-24(20-35-31)46-30(32)33/h4-5,18-21,23,26,30,37H,2-3,6-17H2,1H3,(H,34,35,36)(H,38,41,42). The number of halogens is 2. The molecule has 1 aromatic heterocycles. The monoisotopic (exact) mass is 679 g/mol. The molecule has 4 heterocycles. The first-order chi connectivity index (χ1) is 22.6. The van der Waals surface area contributed by atoms with Gasteiger partial charge in [0.1, 0.15) is 11.8 Å². The number of imide groups is 1. The Morgan fingerprint density at radius 2 is 1.74 bits per heavy atom. The van der Waals surface area contributed by atoms with Crippen LogP contribution >= 0.6 is 0 Å². The van der Waals surface area contributed by atoms with E-state index in [2.05, 4.69) is 41.6 Å². The van der Waals surface area contributed by atoms with E-state index in [1.807, 2.05) is 19.1 Å². The zero-order valence-corrected chi connectivity index (χ0v) is 27.3. The number of carbonyl (C=O) groups is 2. The van der Waals surface area contributed by atoms with Crippen molar-refractivity contribution in [1.82, 2.24) is 24.5 Å². The normalized spacial score (nSPS) is 20.6. The molecule has 2 aromatic rings. The molecule has 0 spiro atoms. The molecule has 1 atom stereocenters. The minimum atomic E-state index is -3.38. The quantitative estimate of drug-likeness (QED) is 0.252. The Balaban J connectivity index is 1.03. The third-order valence-corrected chi connectivity index (χ3v) is 10.8. The second-order valence-electron chi connectivity index (χ2n) is 12.1. The molecule has 3 N–H and O–H groups in total. The van der Waals surface area contributed by atoms with Crippen LogP contribution in [0.2, 0.25) is 0 Å². The van der Waals surface area contributed by atoms with Gasteiger partial charge in [0.2, 0.25) is 27.8 Å². The fourth-order valence-electron chi connectivity index (χ4n) is 6.31. The molecule has 0 saturated carbocycles. The maximum Gasteiger partial charge on any atom is 0.387 e. The summed E-state index contributed by atoms with van der Waals surface area (Å²) in [6.45, 7) is 2.70. The van der Waals surface area contributed by atoms with Crippen LogP contribution < -0.4 is 25.4 Å². The van der Waals surface area contributed by atoms with Gasteiger partial charge in [0.25, 0.3) is 0 Å². The number of hydrogen-bond acceptors (Lipinski definition) is 11. The molecular weight excluding hydrogens is 636 g/mol. The van der Waals surface area contributed by atoms with Gasteiger partial charge in [0.05, 0.1) is 30.4 Å². The first kappa shape index (κ1) is 34.7. The van der Waals surface area contributed by atoms with E-state index in [0.717, 1.165) is 31.6 Å². The van der Waals surface area contributed by atoms with E-state index in [9.17, 15) is 26.8 Å². The largest absolute Gasteiger partial charge is 0.492 e. The van der Waals surface area contributed by atoms with Crippen molar-refractivity contribution in [1.29, 1.82) is 0 Å². The zero-order chi connectivity index (χ0) is 33.4. The predicted octanol–water partition coefficient (Wildman–Crippen LogP) is 3.17. The summed E-state index contributed by atoms with van der Waals surface area (Å²) < 4.78 is 62.5. The molecule has 0 radical (unpaired) electrons. The Morgan fingerprint density at radius 3 is 2.40 bits per heavy atom. The lowest BCUT2D eigenvalue weighted by atomic mass is 9.89. The average Bonchev–Trinajstić information content (AvgIpc) is 3.04. The fourth-order valence-corrected chi connectivity index (χ4v) is 7.83. The van der Waals surface area contributed by atoms with Crippen molar-refractivity contribution in [2.75, 3.05) is 55.7 Å². The molecule has 16 heteroatoms. The van der Waals surface area contributed by atoms with E-state index >= 15 is 0 Å². The number of sulfonamides is 1. The van der Waals surface area contributed by atoms with E-state index in [1.54, 1.807) is 4.31 Å². The van der Waals surface area contributed by atoms with E-state index in [1.165, 1.54) is 18.0 Å². The highest BCUT2D eigenvalue weighted by atomic mass is 32.2. The highest BCUT2D eigenvalue weighted by Gasteiger charge is 2.30. The third-order valence-electron chi connectivity index (χ3n) is 8.84. The number of nitrogens with zero attached hydrogens (tertiary/aromatic N) is 4. The van der Waals surface area contributed by atoms with Crippen LogP contribution in [-0.4, -0.2) is 103 Å². The van der Waals surface area contributed by atoms with Crippen LogP contribution in [0.5, 0.6) is 11.5 Å². The maximum absolute atomic E-state index is 13.1. The first-order valence-electron chi connectivity index (χ1n) is 16.2. The van der Waals surface area contributed by atoms with Gasteiger partial charge in [-0.2, -0.15) is 8.78 Å². The molecule has 5 rings (SSSR count). The van der Waals surface area contributed by atoms with Crippen molar-refractivity contribution in [3.63, 3.8) is 0 Å². The van der Waals surface area contributed by atoms with E-state index < -0.39 is 22.7 Å². The lowest BCUT2D eigenvalue weighted by Crippen LogP contribution is -2.47. The number of nitrogens with one attached hydrogen (secondary N) is 3. The summed E-state index contributed by atoms with van der Waals surface area (Å²) in [6, 6.07) is 5.54. The molecule has 47 heavy (non-hydrogen) atoms. The van der Waals surface area contributed by atoms with Gasteiger partial charge in [-0.05, 0) is 88.7 Å². The van der Waals surface area contributed by atoms with Crippen LogP contribution in [0.25, 0.3) is 0 Å². The van der Waals surface area contributed by atoms with Crippen LogP contribution in [0, 0.1) is 0 Å². The van der Waals surface area contributed by atoms with Crippen LogP contribution in [0.15, 0.2) is 30.6 Å². The summed E-state index contributed by atoms with van der Waals surface area (Å²) in [5, 5.41) is 8.75. The van der Waals surface area contributed by atoms with E-state index in [4.69, 9.17) is 4.74 Å². The summed E-state index contributed by atoms with van der Waals surface area (Å²) in [7, 11) is -3.38. The smallest absolute Gasteiger partial charge is 0.387 e. The molecule has 0 aliphatic carbocycles. The fraction of sp³-hybridized carbons (Fsp3) is 0.613. The highest BCUT2D eigenvalue weighted by Crippen LogP contribution is 2.35. The Labute approximate surface area is 273 Å². The first-order valence-corrected chi connectivity index (χ1v) is 17.8. The van der Waals surface area contributed by atoms with Gasteiger partial charge < -0.3 is 25.0 Å². The second-order valence-corrected chi connectivity index (χ2v) is 14.1. The molecular formula is C31H43F2N7O6S. The van der Waals surface area contributed by atoms with Gasteiger partial charge in [-0.15, -0.1) is 0 Å². The number of alkyl halides is 2. The van der Waals surface area contributed by atoms with Gasteiger partial charge in [-0.3, -0.25) is 14.9 Å². The van der Waals surface area contributed by atoms with Gasteiger partial charge in [-0.25, -0.2) is 22.7 Å². The number of ether oxygens (including phenoxy) is 2. The van der Waals surface area contributed by atoms with Gasteiger partial charge in [0, 0.05) is 25.6 Å². The number of anilines is 2. The van der Waals surface area contributed by atoms with Gasteiger partial charge >= 0.3 is 6.61 Å². The van der Waals surface area contributed by atoms with E-state index in [-0.39, 0.29) is 35.3 Å². The lowest BCUT2D eigenvalue weighted by Gasteiger charge is -2.33. The number of aromatic nitrogens is 2. The summed E-state index contributed by atoms with van der Waals surface area (Å²) in [5.74, 6) is 0.713. The molecule has 1 unspecified atom stereocenters. The molecule has 258 valence electrons. The number of carbonyl (C=O) groups excluding carboxylic acids is 2. The molecule has 3 aliphatic rings. The highest BCUT2D eigenvalue weighted by molar-refractivity contribution is 7.89. The SMILES string of the molecule is CCOc1cc(C2CCN(CCCS(=O)(=O)N3CCC(Nc4ncc(OC(F)F)cn4)CC3)CC2)ccc1NC1CCC(=O)NC1=O. The third kappa shape index (κ3) is 9.70. The summed E-state index contributed by atoms with van der Waals surface area (Å²) in [4.78, 5) is 34.0. The van der Waals surface area contributed by atoms with Gasteiger partial charge in [0.15, 0.2) is 5.75 Å². The molecule has 3 fully saturated rings. The number of rotatable bonds is 14. The summed E-state index contributed by atoms with van der Waals surface area (Å²) in [5.41, 5.74) is 1.90. The number of amides is 2. The van der Waals surface area contributed by atoms with Crippen LogP contribution in [-0.2, 0) is 19.6 Å². The van der Waals surface area contributed by atoms with Crippen molar-refractivity contribution >= 4 is 33.5 Å². The van der Waals surface area contributed by atoms with E-state index in [0.29, 0.717) is 70.0 Å². The lowest BCUT2D eigenvalue weighted by molar-refractivity contribution is -0.133. The Kier molecular flexibility index (Phi) is 11.8. The maximum atomic E-state index is 13.1. The number of likely N-dealkylation sites (tertiary alicyclic amines) is 1. The molecule has 1 aromatic carbocycles. The van der Waals surface area contributed by atoms with Crippen molar-refractivity contribution in [3.8, 4) is 11.5 Å². The summed E-state index contributed by atoms with van der Waals surface area (Å²) in [6.07, 6.45) is 6.71. The Bertz CT molecular complexity index is 1470. The van der Waals surface area contributed by atoms with Crippen molar-refractivity contribution in [3.05, 3.63) is 36.2 Å². The number of piperidine rings is 3. The minimum Gasteiger partial charge on any atom is -0.492 e. The average molecular weight is 680 g/mol. The van der Waals surface area contributed by atoms with Crippen molar-refractivity contribution in [2.24, 2.45) is 0 Å². The van der Waals surface area contributed by atoms with Crippen LogP contribution in [0.1, 0.15) is 63.4 Å². The molecule has 13 nitrogen and oxygen atoms in total. The number of benzene rings is 1. The van der Waals surface area contributed by atoms with Crippen molar-refractivity contribution in [2.45, 2.75) is 76.5 Å². The van der Waals surface area contributed by atoms with Crippen molar-refractivity contribution < 1.29 is 36.3 Å². The number of hydrogen-bond donors (Lipinski definition) is 3. The predicted molar refractivity (Wildman–Crippen MR) is 171 cm³/mol. The summed E-state index contributed by atoms with van der Waals surface area (Å²) >= 11 is 0. The second kappa shape index (κ2) is 16.0. The Morgan fingerprint density at radius 1 is 1.02 bits per heavy atom. The zero-order valence-electron chi connectivity index (χ0n) is 26.5. The molecule has 3 saturated heterocycles. The van der Waals surface area contributed by atoms with Gasteiger partial charge in [-0.1, -0.05) is 6.07 Å². The minimum absolute atomic E-state index is 0.0213. The van der Waals surface area contributed by atoms with Crippen LogP contribution in [0.4, 0.5) is 20.4 Å². The molecule has 2 amide bonds. The Hall–Kier alpha value is -3.63. The molecule has 3 aliphatic heterocycles. The topological polar surface area (TPSA) is 155 Å².